The standard InChI is InChI=1S/C30H24N2O9S2/c1-3-5-10-17(4-2)31-21-15-22(43(39,40)41)27-25-23(19-12-6-7-13-20(19)29(34)24(21)25)26(30(35)32-27)28(33)16-9-8-11-18(14-16)42(36,37)38/h3,6-9,11-15,33H,1,4-5,10H2,2H3,(H,36,37,38)(H,39,40,41). The van der Waals surface area contributed by atoms with E-state index in [0.717, 1.165) is 18.2 Å². The van der Waals surface area contributed by atoms with Crippen molar-refractivity contribution in [2.75, 3.05) is 0 Å². The van der Waals surface area contributed by atoms with Crippen LogP contribution in [0.3, 0.4) is 0 Å². The maximum absolute atomic E-state index is 14.0. The van der Waals surface area contributed by atoms with E-state index in [1.807, 2.05) is 6.92 Å². The van der Waals surface area contributed by atoms with Crippen LogP contribution in [0.25, 0.3) is 27.4 Å². The Hall–Kier alpha value is -4.56. The predicted molar refractivity (Wildman–Crippen MR) is 162 cm³/mol. The first-order valence-electron chi connectivity index (χ1n) is 12.9. The molecule has 0 spiro atoms. The summed E-state index contributed by atoms with van der Waals surface area (Å²) in [4.78, 5) is 34.8. The van der Waals surface area contributed by atoms with E-state index in [0.29, 0.717) is 25.0 Å². The van der Waals surface area contributed by atoms with Gasteiger partial charge >= 0.3 is 0 Å². The number of benzene rings is 3. The van der Waals surface area contributed by atoms with Crippen molar-refractivity contribution < 1.29 is 31.0 Å². The Kier molecular flexibility index (Phi) is 7.60. The lowest BCUT2D eigenvalue weighted by atomic mass is 9.96. The predicted octanol–water partition coefficient (Wildman–Crippen LogP) is 3.65. The Balaban J connectivity index is 2.17. The van der Waals surface area contributed by atoms with Crippen molar-refractivity contribution in [1.82, 2.24) is 4.98 Å². The smallest absolute Gasteiger partial charge is 0.296 e. The fraction of sp³-hybridized carbons (Fsp3) is 0.133. The monoisotopic (exact) mass is 620 g/mol. The molecule has 1 aliphatic carbocycles. The van der Waals surface area contributed by atoms with Gasteiger partial charge < -0.3 is 5.11 Å². The number of aromatic nitrogens is 1. The van der Waals surface area contributed by atoms with Crippen molar-refractivity contribution in [3.8, 4) is 0 Å². The van der Waals surface area contributed by atoms with Gasteiger partial charge in [-0.05, 0) is 42.8 Å². The van der Waals surface area contributed by atoms with Crippen LogP contribution in [-0.2, 0) is 20.2 Å². The highest BCUT2D eigenvalue weighted by Crippen LogP contribution is 2.32. The van der Waals surface area contributed by atoms with Gasteiger partial charge in [0.25, 0.3) is 25.8 Å². The fourth-order valence-electron chi connectivity index (χ4n) is 5.11. The quantitative estimate of drug-likeness (QED) is 0.131. The van der Waals surface area contributed by atoms with E-state index in [-0.39, 0.29) is 37.8 Å². The number of rotatable bonds is 8. The summed E-state index contributed by atoms with van der Waals surface area (Å²) in [6, 6.07) is 11.7. The SMILES string of the molecule is C=CCCC(CC)=Nc1cc(S(=O)(=O)O)c2nc(=O)c(=C(O)c3cccc(S(=O)(=O)O)c3)c3c4ccccc4c(=O)c1c2=3. The Bertz CT molecular complexity index is 2460. The first-order chi connectivity index (χ1) is 20.3. The second kappa shape index (κ2) is 10.9. The highest BCUT2D eigenvalue weighted by atomic mass is 32.2. The van der Waals surface area contributed by atoms with Crippen LogP contribution < -0.4 is 16.2 Å². The Labute approximate surface area is 244 Å². The van der Waals surface area contributed by atoms with E-state index in [4.69, 9.17) is 0 Å². The summed E-state index contributed by atoms with van der Waals surface area (Å²) in [5, 5.41) is 11.0. The van der Waals surface area contributed by atoms with Crippen molar-refractivity contribution in [1.29, 1.82) is 0 Å². The molecule has 220 valence electrons. The number of aliphatic hydroxyl groups excluding tert-OH is 1. The molecule has 5 rings (SSSR count). The van der Waals surface area contributed by atoms with Crippen LogP contribution in [0.2, 0.25) is 0 Å². The van der Waals surface area contributed by atoms with Crippen LogP contribution in [0.4, 0.5) is 5.69 Å². The third-order valence-corrected chi connectivity index (χ3v) is 8.80. The number of aliphatic imine (C=N–C) groups is 1. The van der Waals surface area contributed by atoms with Gasteiger partial charge in [0.05, 0.1) is 26.7 Å². The molecule has 0 atom stereocenters. The summed E-state index contributed by atoms with van der Waals surface area (Å²) >= 11 is 0. The molecule has 2 aliphatic rings. The van der Waals surface area contributed by atoms with Gasteiger partial charge in [0.2, 0.25) is 0 Å². The first kappa shape index (κ1) is 29.9. The average molecular weight is 621 g/mol. The third-order valence-electron chi connectivity index (χ3n) is 7.08. The lowest BCUT2D eigenvalue weighted by molar-refractivity contribution is 0.481. The molecule has 0 bridgehead atoms. The molecule has 3 N–H and O–H groups in total. The van der Waals surface area contributed by atoms with E-state index in [2.05, 4.69) is 16.6 Å². The van der Waals surface area contributed by atoms with E-state index in [1.54, 1.807) is 18.2 Å². The Morgan fingerprint density at radius 1 is 0.953 bits per heavy atom. The van der Waals surface area contributed by atoms with Crippen LogP contribution in [-0.4, -0.2) is 41.7 Å². The third kappa shape index (κ3) is 5.27. The van der Waals surface area contributed by atoms with Crippen LogP contribution in [0.15, 0.2) is 91.6 Å². The number of hydrogen-bond acceptors (Lipinski definition) is 9. The van der Waals surface area contributed by atoms with Gasteiger partial charge in [-0.3, -0.25) is 23.7 Å². The minimum Gasteiger partial charge on any atom is -0.506 e. The minimum atomic E-state index is -5.01. The zero-order valence-electron chi connectivity index (χ0n) is 22.6. The molecule has 0 aromatic heterocycles. The largest absolute Gasteiger partial charge is 0.506 e. The molecule has 3 aromatic rings. The first-order valence-corrected chi connectivity index (χ1v) is 15.8. The summed E-state index contributed by atoms with van der Waals surface area (Å²) in [5.41, 5.74) is -1.81. The van der Waals surface area contributed by atoms with Gasteiger partial charge in [0, 0.05) is 27.1 Å². The van der Waals surface area contributed by atoms with Crippen molar-refractivity contribution in [3.05, 3.63) is 109 Å². The van der Waals surface area contributed by atoms with Gasteiger partial charge in [-0.25, -0.2) is 4.98 Å². The van der Waals surface area contributed by atoms with E-state index < -0.39 is 57.5 Å². The van der Waals surface area contributed by atoms with Crippen LogP contribution in [0, 0.1) is 10.4 Å². The molecular formula is C30H24N2O9S2. The second-order valence-corrected chi connectivity index (χ2v) is 12.5. The summed E-state index contributed by atoms with van der Waals surface area (Å²) in [6.45, 7) is 5.53. The molecular weight excluding hydrogens is 596 g/mol. The lowest BCUT2D eigenvalue weighted by Gasteiger charge is -2.13. The minimum absolute atomic E-state index is 0.0546. The topological polar surface area (TPSA) is 188 Å². The highest BCUT2D eigenvalue weighted by Gasteiger charge is 2.25. The number of fused-ring (bicyclic) bond motifs is 2. The van der Waals surface area contributed by atoms with Crippen LogP contribution in [0.5, 0.6) is 0 Å². The van der Waals surface area contributed by atoms with Crippen LogP contribution in [0.1, 0.15) is 31.7 Å². The van der Waals surface area contributed by atoms with Crippen molar-refractivity contribution in [2.45, 2.75) is 36.0 Å². The van der Waals surface area contributed by atoms with Gasteiger partial charge in [0.15, 0.2) is 5.43 Å². The number of nitrogens with zero attached hydrogens (tertiary/aromatic N) is 2. The zero-order chi connectivity index (χ0) is 31.3. The number of hydrogen-bond donors (Lipinski definition) is 3. The molecule has 1 heterocycles. The maximum atomic E-state index is 14.0. The molecule has 0 fully saturated rings. The molecule has 13 heteroatoms. The number of allylic oxidation sites excluding steroid dienone is 1. The summed E-state index contributed by atoms with van der Waals surface area (Å²) in [6.07, 6.45) is 3.14. The highest BCUT2D eigenvalue weighted by molar-refractivity contribution is 7.86. The molecule has 1 aliphatic heterocycles. The summed E-state index contributed by atoms with van der Waals surface area (Å²) < 4.78 is 68.4. The van der Waals surface area contributed by atoms with E-state index in [9.17, 15) is 40.6 Å². The normalized spacial score (nSPS) is 13.6. The molecule has 3 aromatic carbocycles. The van der Waals surface area contributed by atoms with Crippen molar-refractivity contribution in [2.24, 2.45) is 4.99 Å². The summed E-state index contributed by atoms with van der Waals surface area (Å²) in [7, 11) is -9.69. The Morgan fingerprint density at radius 3 is 2.28 bits per heavy atom. The summed E-state index contributed by atoms with van der Waals surface area (Å²) in [5.74, 6) is -0.738. The molecule has 0 amide bonds. The Morgan fingerprint density at radius 2 is 1.65 bits per heavy atom. The van der Waals surface area contributed by atoms with Gasteiger partial charge in [-0.15, -0.1) is 6.58 Å². The molecule has 43 heavy (non-hydrogen) atoms. The van der Waals surface area contributed by atoms with Crippen LogP contribution >= 0.6 is 0 Å². The maximum Gasteiger partial charge on any atom is 0.296 e. The van der Waals surface area contributed by atoms with E-state index >= 15 is 0 Å². The molecule has 0 radical (unpaired) electrons. The van der Waals surface area contributed by atoms with E-state index in [1.165, 1.54) is 24.3 Å². The lowest BCUT2D eigenvalue weighted by Crippen LogP contribution is -2.33. The van der Waals surface area contributed by atoms with Gasteiger partial charge in [0.1, 0.15) is 10.7 Å². The number of aliphatic hydroxyl groups is 1. The molecule has 0 saturated heterocycles. The fourth-order valence-corrected chi connectivity index (χ4v) is 6.29. The molecule has 0 unspecified atom stereocenters. The van der Waals surface area contributed by atoms with Gasteiger partial charge in [-0.2, -0.15) is 16.8 Å². The average Bonchev–Trinajstić information content (AvgIpc) is 2.96. The zero-order valence-corrected chi connectivity index (χ0v) is 24.2. The van der Waals surface area contributed by atoms with Gasteiger partial charge in [-0.1, -0.05) is 49.4 Å². The molecule has 0 saturated carbocycles. The molecule has 11 nitrogen and oxygen atoms in total. The van der Waals surface area contributed by atoms with Crippen molar-refractivity contribution >= 4 is 59.1 Å². The van der Waals surface area contributed by atoms with Crippen molar-refractivity contribution in [3.63, 3.8) is 0 Å². The second-order valence-electron chi connectivity index (χ2n) is 9.72.